The first-order valence-corrected chi connectivity index (χ1v) is 14.7. The molecule has 1 atom stereocenters. The number of anilines is 1. The van der Waals surface area contributed by atoms with Crippen LogP contribution >= 0.6 is 0 Å². The second-order valence-corrected chi connectivity index (χ2v) is 10.8. The number of morpholine rings is 1. The van der Waals surface area contributed by atoms with Crippen LogP contribution < -0.4 is 4.90 Å². The molecule has 0 spiro atoms. The van der Waals surface area contributed by atoms with E-state index in [1.165, 1.54) is 12.1 Å². The van der Waals surface area contributed by atoms with Crippen LogP contribution in [0.1, 0.15) is 48.7 Å². The lowest BCUT2D eigenvalue weighted by atomic mass is 9.93. The number of carbonyl (C=O) groups excluding carboxylic acids is 2. The Morgan fingerprint density at radius 2 is 1.52 bits per heavy atom. The lowest BCUT2D eigenvalue weighted by Gasteiger charge is -2.27. The Balaban J connectivity index is 1.74. The van der Waals surface area contributed by atoms with Crippen molar-refractivity contribution in [1.82, 2.24) is 9.47 Å². The fourth-order valence-electron chi connectivity index (χ4n) is 5.70. The molecule has 6 nitrogen and oxygen atoms in total. The van der Waals surface area contributed by atoms with E-state index >= 15 is 0 Å². The van der Waals surface area contributed by atoms with Crippen LogP contribution in [-0.2, 0) is 16.1 Å². The van der Waals surface area contributed by atoms with Crippen molar-refractivity contribution in [1.29, 1.82) is 0 Å². The van der Waals surface area contributed by atoms with Gasteiger partial charge in [-0.05, 0) is 59.9 Å². The molecule has 0 saturated carbocycles. The molecule has 218 valence electrons. The van der Waals surface area contributed by atoms with Crippen molar-refractivity contribution in [3.63, 3.8) is 0 Å². The summed E-state index contributed by atoms with van der Waals surface area (Å²) in [4.78, 5) is 31.5. The van der Waals surface area contributed by atoms with Gasteiger partial charge in [0.2, 0.25) is 5.91 Å². The van der Waals surface area contributed by atoms with Crippen LogP contribution in [-0.4, -0.2) is 54.6 Å². The lowest BCUT2D eigenvalue weighted by molar-refractivity contribution is -0.135. The highest BCUT2D eigenvalue weighted by Gasteiger charge is 2.33. The predicted octanol–water partition coefficient (Wildman–Crippen LogP) is 7.00. The Morgan fingerprint density at radius 3 is 2.14 bits per heavy atom. The minimum Gasteiger partial charge on any atom is -0.378 e. The van der Waals surface area contributed by atoms with E-state index in [1.54, 1.807) is 24.1 Å². The fourth-order valence-corrected chi connectivity index (χ4v) is 5.70. The molecular weight excluding hydrogens is 529 g/mol. The van der Waals surface area contributed by atoms with Crippen LogP contribution in [0.4, 0.5) is 10.1 Å². The molecule has 2 amide bonds. The zero-order chi connectivity index (χ0) is 29.6. The van der Waals surface area contributed by atoms with Gasteiger partial charge in [0.05, 0.1) is 24.5 Å². The minimum atomic E-state index is -0.331. The summed E-state index contributed by atoms with van der Waals surface area (Å²) in [6, 6.07) is 25.9. The topological polar surface area (TPSA) is 54.8 Å². The Bertz CT molecular complexity index is 1510. The van der Waals surface area contributed by atoms with Crippen molar-refractivity contribution in [2.24, 2.45) is 0 Å². The van der Waals surface area contributed by atoms with E-state index in [0.717, 1.165) is 40.2 Å². The highest BCUT2D eigenvalue weighted by Crippen LogP contribution is 2.43. The standard InChI is InChI=1S/C35H38FN3O3/c1-4-25(2)33-32(35(41)37(3)29-13-9-6-10-14-29)31(26-11-7-5-8-12-26)34(27-15-17-28(36)18-16-27)39(33)20-19-30(40)38-21-23-42-24-22-38/h5-18,25H,4,19-24H2,1-3H3. The molecular formula is C35H38FN3O3. The third-order valence-corrected chi connectivity index (χ3v) is 8.14. The Hall–Kier alpha value is -4.23. The first-order chi connectivity index (χ1) is 20.4. The number of benzene rings is 3. The number of aromatic nitrogens is 1. The van der Waals surface area contributed by atoms with Gasteiger partial charge in [-0.25, -0.2) is 4.39 Å². The molecule has 1 fully saturated rings. The number of para-hydroxylation sites is 1. The molecule has 5 rings (SSSR count). The summed E-state index contributed by atoms with van der Waals surface area (Å²) in [6.07, 6.45) is 1.08. The maximum absolute atomic E-state index is 14.6. The SMILES string of the molecule is CCC(C)c1c(C(=O)N(C)c2ccccc2)c(-c2ccccc2)c(-c2ccc(F)cc2)n1CCC(=O)N1CCOCC1. The van der Waals surface area contributed by atoms with Crippen molar-refractivity contribution in [2.45, 2.75) is 39.2 Å². The first kappa shape index (κ1) is 29.3. The van der Waals surface area contributed by atoms with Crippen molar-refractivity contribution in [3.8, 4) is 22.4 Å². The van der Waals surface area contributed by atoms with Gasteiger partial charge in [-0.3, -0.25) is 9.59 Å². The summed E-state index contributed by atoms with van der Waals surface area (Å²) >= 11 is 0. The van der Waals surface area contributed by atoms with E-state index in [4.69, 9.17) is 4.74 Å². The molecule has 2 heterocycles. The van der Waals surface area contributed by atoms with Crippen molar-refractivity contribution in [3.05, 3.63) is 102 Å². The van der Waals surface area contributed by atoms with E-state index in [1.807, 2.05) is 65.6 Å². The predicted molar refractivity (Wildman–Crippen MR) is 165 cm³/mol. The van der Waals surface area contributed by atoms with E-state index < -0.39 is 0 Å². The zero-order valence-electron chi connectivity index (χ0n) is 24.6. The van der Waals surface area contributed by atoms with E-state index in [0.29, 0.717) is 38.4 Å². The normalized spacial score (nSPS) is 14.0. The highest BCUT2D eigenvalue weighted by atomic mass is 19.1. The maximum atomic E-state index is 14.6. The maximum Gasteiger partial charge on any atom is 0.260 e. The molecule has 0 bridgehead atoms. The third kappa shape index (κ3) is 6.02. The second-order valence-electron chi connectivity index (χ2n) is 10.8. The number of halogens is 1. The quantitative estimate of drug-likeness (QED) is 0.219. The van der Waals surface area contributed by atoms with Crippen LogP contribution in [0.2, 0.25) is 0 Å². The van der Waals surface area contributed by atoms with Crippen LogP contribution in [0, 0.1) is 5.82 Å². The largest absolute Gasteiger partial charge is 0.378 e. The van der Waals surface area contributed by atoms with Crippen LogP contribution in [0.3, 0.4) is 0 Å². The molecule has 3 aromatic carbocycles. The number of rotatable bonds is 9. The van der Waals surface area contributed by atoms with E-state index in [9.17, 15) is 14.0 Å². The number of nitrogens with zero attached hydrogens (tertiary/aromatic N) is 3. The van der Waals surface area contributed by atoms with Gasteiger partial charge in [-0.1, -0.05) is 62.4 Å². The van der Waals surface area contributed by atoms with Gasteiger partial charge < -0.3 is 19.1 Å². The summed E-state index contributed by atoms with van der Waals surface area (Å²) in [6.45, 7) is 6.86. The highest BCUT2D eigenvalue weighted by molar-refractivity contribution is 6.13. The number of hydrogen-bond acceptors (Lipinski definition) is 3. The molecule has 1 aliphatic rings. The molecule has 1 aliphatic heterocycles. The van der Waals surface area contributed by atoms with Gasteiger partial charge in [0, 0.05) is 50.0 Å². The molecule has 4 aromatic rings. The molecule has 0 radical (unpaired) electrons. The number of carbonyl (C=O) groups is 2. The Labute approximate surface area is 247 Å². The number of hydrogen-bond donors (Lipinski definition) is 0. The fraction of sp³-hybridized carbons (Fsp3) is 0.314. The van der Waals surface area contributed by atoms with Gasteiger partial charge in [0.25, 0.3) is 5.91 Å². The smallest absolute Gasteiger partial charge is 0.260 e. The summed E-state index contributed by atoms with van der Waals surface area (Å²) < 4.78 is 21.7. The van der Waals surface area contributed by atoms with Crippen molar-refractivity contribution in [2.75, 3.05) is 38.3 Å². The van der Waals surface area contributed by atoms with Gasteiger partial charge in [0.1, 0.15) is 5.82 Å². The summed E-state index contributed by atoms with van der Waals surface area (Å²) in [5, 5.41) is 0. The summed E-state index contributed by atoms with van der Waals surface area (Å²) in [7, 11) is 1.80. The van der Waals surface area contributed by atoms with E-state index in [2.05, 4.69) is 18.4 Å². The average Bonchev–Trinajstić information content (AvgIpc) is 3.39. The molecule has 0 N–H and O–H groups in total. The second kappa shape index (κ2) is 13.2. The van der Waals surface area contributed by atoms with Crippen LogP contribution in [0.25, 0.3) is 22.4 Å². The van der Waals surface area contributed by atoms with Gasteiger partial charge in [-0.2, -0.15) is 0 Å². The van der Waals surface area contributed by atoms with Gasteiger partial charge in [0.15, 0.2) is 0 Å². The molecule has 1 saturated heterocycles. The molecule has 42 heavy (non-hydrogen) atoms. The molecule has 0 aliphatic carbocycles. The molecule has 1 unspecified atom stereocenters. The van der Waals surface area contributed by atoms with Crippen molar-refractivity contribution >= 4 is 17.5 Å². The number of ether oxygens (including phenoxy) is 1. The van der Waals surface area contributed by atoms with Gasteiger partial charge in [-0.15, -0.1) is 0 Å². The first-order valence-electron chi connectivity index (χ1n) is 14.7. The third-order valence-electron chi connectivity index (χ3n) is 8.14. The molecule has 7 heteroatoms. The summed E-state index contributed by atoms with van der Waals surface area (Å²) in [5.41, 5.74) is 5.58. The average molecular weight is 568 g/mol. The zero-order valence-corrected chi connectivity index (χ0v) is 24.6. The monoisotopic (exact) mass is 567 g/mol. The van der Waals surface area contributed by atoms with Crippen molar-refractivity contribution < 1.29 is 18.7 Å². The van der Waals surface area contributed by atoms with Crippen LogP contribution in [0.5, 0.6) is 0 Å². The Morgan fingerprint density at radius 1 is 0.905 bits per heavy atom. The summed E-state index contributed by atoms with van der Waals surface area (Å²) in [5.74, 6) is -0.384. The van der Waals surface area contributed by atoms with Crippen LogP contribution in [0.15, 0.2) is 84.9 Å². The minimum absolute atomic E-state index is 0.0169. The Kier molecular flexibility index (Phi) is 9.18. The lowest BCUT2D eigenvalue weighted by Crippen LogP contribution is -2.41. The molecule has 1 aromatic heterocycles. The van der Waals surface area contributed by atoms with Gasteiger partial charge >= 0.3 is 0 Å². The van der Waals surface area contributed by atoms with E-state index in [-0.39, 0.29) is 30.0 Å². The number of amides is 2.